The van der Waals surface area contributed by atoms with E-state index in [0.717, 1.165) is 13.1 Å². The van der Waals surface area contributed by atoms with Crippen LogP contribution in [0.4, 0.5) is 0 Å². The van der Waals surface area contributed by atoms with Crippen molar-refractivity contribution in [2.75, 3.05) is 19.6 Å². The first kappa shape index (κ1) is 16.6. The molecule has 0 spiro atoms. The molecule has 1 aliphatic rings. The molecule has 0 aliphatic carbocycles. The summed E-state index contributed by atoms with van der Waals surface area (Å²) in [6.45, 7) is 7.25. The highest BCUT2D eigenvalue weighted by Gasteiger charge is 2.24. The van der Waals surface area contributed by atoms with Gasteiger partial charge >= 0.3 is 0 Å². The molecule has 1 aromatic heterocycles. The van der Waals surface area contributed by atoms with Crippen LogP contribution >= 0.6 is 0 Å². The Morgan fingerprint density at radius 3 is 2.00 bits per heavy atom. The third-order valence-corrected chi connectivity index (χ3v) is 5.04. The molecule has 1 saturated heterocycles. The van der Waals surface area contributed by atoms with Gasteiger partial charge in [-0.25, -0.2) is 0 Å². The van der Waals surface area contributed by atoms with Gasteiger partial charge in [0, 0.05) is 41.4 Å². The summed E-state index contributed by atoms with van der Waals surface area (Å²) in [4.78, 5) is 2.32. The second-order valence-corrected chi connectivity index (χ2v) is 7.27. The van der Waals surface area contributed by atoms with Crippen molar-refractivity contribution in [1.29, 1.82) is 0 Å². The van der Waals surface area contributed by atoms with Gasteiger partial charge in [-0.3, -0.25) is 4.90 Å². The molecule has 0 saturated carbocycles. The van der Waals surface area contributed by atoms with Crippen LogP contribution in [0.1, 0.15) is 13.8 Å². The van der Waals surface area contributed by atoms with Crippen molar-refractivity contribution >= 4 is 21.8 Å². The van der Waals surface area contributed by atoms with Gasteiger partial charge in [0.25, 0.3) is 0 Å². The Labute approximate surface area is 148 Å². The Morgan fingerprint density at radius 2 is 1.44 bits per heavy atom. The fraction of sp³-hybridized carbons (Fsp3) is 0.429. The molecular weight excluding hydrogens is 312 g/mol. The first-order chi connectivity index (χ1) is 12.1. The van der Waals surface area contributed by atoms with Crippen molar-refractivity contribution in [3.8, 4) is 0 Å². The Balaban J connectivity index is 1.59. The van der Waals surface area contributed by atoms with Crippen LogP contribution in [-0.2, 0) is 11.3 Å². The van der Waals surface area contributed by atoms with Gasteiger partial charge in [-0.15, -0.1) is 0 Å². The summed E-state index contributed by atoms with van der Waals surface area (Å²) in [7, 11) is 0. The summed E-state index contributed by atoms with van der Waals surface area (Å²) < 4.78 is 8.04. The number of rotatable bonds is 4. The van der Waals surface area contributed by atoms with Gasteiger partial charge in [-0.1, -0.05) is 36.4 Å². The van der Waals surface area contributed by atoms with Gasteiger partial charge < -0.3 is 14.4 Å². The zero-order valence-corrected chi connectivity index (χ0v) is 14.9. The van der Waals surface area contributed by atoms with Crippen molar-refractivity contribution in [3.63, 3.8) is 0 Å². The highest BCUT2D eigenvalue weighted by atomic mass is 16.5. The fourth-order valence-electron chi connectivity index (χ4n) is 4.20. The quantitative estimate of drug-likeness (QED) is 0.793. The van der Waals surface area contributed by atoms with Gasteiger partial charge in [0.05, 0.1) is 24.9 Å². The number of hydrogen-bond acceptors (Lipinski definition) is 3. The molecule has 2 heterocycles. The van der Waals surface area contributed by atoms with E-state index in [-0.39, 0.29) is 12.2 Å². The Bertz CT molecular complexity index is 809. The molecule has 25 heavy (non-hydrogen) atoms. The average Bonchev–Trinajstić information content (AvgIpc) is 2.89. The highest BCUT2D eigenvalue weighted by molar-refractivity contribution is 6.07. The lowest BCUT2D eigenvalue weighted by Gasteiger charge is -2.36. The van der Waals surface area contributed by atoms with Gasteiger partial charge in [0.1, 0.15) is 0 Å². The fourth-order valence-corrected chi connectivity index (χ4v) is 4.20. The molecule has 3 atom stereocenters. The van der Waals surface area contributed by atoms with Crippen molar-refractivity contribution in [1.82, 2.24) is 9.47 Å². The first-order valence-electron chi connectivity index (χ1n) is 9.13. The molecule has 0 radical (unpaired) electrons. The van der Waals surface area contributed by atoms with Gasteiger partial charge in [-0.05, 0) is 26.0 Å². The summed E-state index contributed by atoms with van der Waals surface area (Å²) in [5, 5.41) is 13.3. The monoisotopic (exact) mass is 338 g/mol. The van der Waals surface area contributed by atoms with E-state index in [2.05, 4.69) is 71.8 Å². The zero-order chi connectivity index (χ0) is 17.4. The van der Waals surface area contributed by atoms with E-state index in [9.17, 15) is 5.11 Å². The molecule has 4 nitrogen and oxygen atoms in total. The number of para-hydroxylation sites is 2. The lowest BCUT2D eigenvalue weighted by Crippen LogP contribution is -2.48. The second kappa shape index (κ2) is 6.79. The summed E-state index contributed by atoms with van der Waals surface area (Å²) in [5.74, 6) is 0. The Morgan fingerprint density at radius 1 is 0.920 bits per heavy atom. The van der Waals surface area contributed by atoms with Crippen LogP contribution in [0.3, 0.4) is 0 Å². The first-order valence-corrected chi connectivity index (χ1v) is 9.13. The standard InChI is InChI=1S/C21H26N2O2/c1-15-11-22(12-16(2)25-15)13-17(24)14-23-20-9-5-3-7-18(20)19-8-4-6-10-21(19)23/h3-10,15-17,24H,11-14H2,1-2H3/t15-,16-,17-/m1/s1. The van der Waals surface area contributed by atoms with Crippen molar-refractivity contribution in [3.05, 3.63) is 48.5 Å². The summed E-state index contributed by atoms with van der Waals surface area (Å²) >= 11 is 0. The van der Waals surface area contributed by atoms with Crippen molar-refractivity contribution in [2.45, 2.75) is 38.7 Å². The maximum atomic E-state index is 10.8. The number of nitrogens with zero attached hydrogens (tertiary/aromatic N) is 2. The minimum Gasteiger partial charge on any atom is -0.390 e. The van der Waals surface area contributed by atoms with Crippen LogP contribution in [0.2, 0.25) is 0 Å². The number of hydrogen-bond donors (Lipinski definition) is 1. The summed E-state index contributed by atoms with van der Waals surface area (Å²) in [6, 6.07) is 16.9. The molecule has 132 valence electrons. The van der Waals surface area contributed by atoms with Crippen molar-refractivity contribution < 1.29 is 9.84 Å². The number of aliphatic hydroxyl groups excluding tert-OH is 1. The highest BCUT2D eigenvalue weighted by Crippen LogP contribution is 2.29. The third kappa shape index (κ3) is 3.30. The molecule has 4 rings (SSSR count). The smallest absolute Gasteiger partial charge is 0.0846 e. The van der Waals surface area contributed by atoms with E-state index in [1.807, 2.05) is 0 Å². The SMILES string of the molecule is C[C@@H]1CN(C[C@@H](O)Cn2c3ccccc3c3ccccc32)C[C@@H](C)O1. The molecule has 0 unspecified atom stereocenters. The Hall–Kier alpha value is -1.88. The van der Waals surface area contributed by atoms with Gasteiger partial charge in [0.15, 0.2) is 0 Å². The van der Waals surface area contributed by atoms with Crippen LogP contribution < -0.4 is 0 Å². The van der Waals surface area contributed by atoms with E-state index in [0.29, 0.717) is 13.1 Å². The van der Waals surface area contributed by atoms with Crippen LogP contribution in [-0.4, -0.2) is 52.5 Å². The van der Waals surface area contributed by atoms with Crippen LogP contribution in [0.5, 0.6) is 0 Å². The van der Waals surface area contributed by atoms with E-state index >= 15 is 0 Å². The average molecular weight is 338 g/mol. The van der Waals surface area contributed by atoms with E-state index in [1.54, 1.807) is 0 Å². The minimum atomic E-state index is -0.406. The topological polar surface area (TPSA) is 37.6 Å². The number of β-amino-alcohol motifs (C(OH)–C–C–N with tert-alkyl or cyclic N) is 1. The maximum absolute atomic E-state index is 10.8. The predicted octanol–water partition coefficient (Wildman–Crippen LogP) is 3.26. The van der Waals surface area contributed by atoms with Crippen LogP contribution in [0.15, 0.2) is 48.5 Å². The van der Waals surface area contributed by atoms with E-state index in [1.165, 1.54) is 21.8 Å². The van der Waals surface area contributed by atoms with Gasteiger partial charge in [-0.2, -0.15) is 0 Å². The zero-order valence-electron chi connectivity index (χ0n) is 14.9. The molecule has 1 aliphatic heterocycles. The number of aliphatic hydroxyl groups is 1. The maximum Gasteiger partial charge on any atom is 0.0846 e. The van der Waals surface area contributed by atoms with Crippen molar-refractivity contribution in [2.24, 2.45) is 0 Å². The molecule has 2 aromatic carbocycles. The molecule has 1 N–H and O–H groups in total. The Kier molecular flexibility index (Phi) is 4.50. The molecule has 0 amide bonds. The van der Waals surface area contributed by atoms with Gasteiger partial charge in [0.2, 0.25) is 0 Å². The largest absolute Gasteiger partial charge is 0.390 e. The number of aromatic nitrogens is 1. The number of fused-ring (bicyclic) bond motifs is 3. The molecule has 1 fully saturated rings. The second-order valence-electron chi connectivity index (χ2n) is 7.27. The van der Waals surface area contributed by atoms with E-state index in [4.69, 9.17) is 4.74 Å². The molecule has 4 heteroatoms. The number of benzene rings is 2. The summed E-state index contributed by atoms with van der Waals surface area (Å²) in [5.41, 5.74) is 2.37. The molecule has 0 bridgehead atoms. The third-order valence-electron chi connectivity index (χ3n) is 5.04. The summed E-state index contributed by atoms with van der Waals surface area (Å²) in [6.07, 6.45) is 0.0464. The number of morpholine rings is 1. The molecular formula is C21H26N2O2. The van der Waals surface area contributed by atoms with E-state index < -0.39 is 6.10 Å². The predicted molar refractivity (Wildman–Crippen MR) is 102 cm³/mol. The van der Waals surface area contributed by atoms with Crippen LogP contribution in [0, 0.1) is 0 Å². The normalized spacial score (nSPS) is 23.3. The number of ether oxygens (including phenoxy) is 1. The van der Waals surface area contributed by atoms with Crippen LogP contribution in [0.25, 0.3) is 21.8 Å². The lowest BCUT2D eigenvalue weighted by molar-refractivity contribution is -0.0771. The molecule has 3 aromatic rings. The lowest BCUT2D eigenvalue weighted by atomic mass is 10.2. The minimum absolute atomic E-state index is 0.226.